The van der Waals surface area contributed by atoms with Crippen molar-refractivity contribution in [3.05, 3.63) is 47.9 Å². The molecule has 1 aromatic carbocycles. The fraction of sp³-hybridized carbons (Fsp3) is 0.400. The Morgan fingerprint density at radius 2 is 2.10 bits per heavy atom. The van der Waals surface area contributed by atoms with E-state index in [0.717, 1.165) is 6.26 Å². The first-order valence-electron chi connectivity index (χ1n) is 9.20. The van der Waals surface area contributed by atoms with E-state index in [1.54, 1.807) is 18.2 Å². The minimum Gasteiger partial charge on any atom is -0.490 e. The molecule has 0 aliphatic heterocycles. The van der Waals surface area contributed by atoms with Crippen LogP contribution >= 0.6 is 0 Å². The third-order valence-electron chi connectivity index (χ3n) is 4.89. The first-order valence-corrected chi connectivity index (χ1v) is 11.1. The normalized spacial score (nSPS) is 21.0. The van der Waals surface area contributed by atoms with Gasteiger partial charge in [-0.2, -0.15) is 5.26 Å². The Morgan fingerprint density at radius 1 is 1.33 bits per heavy atom. The second-order valence-corrected chi connectivity index (χ2v) is 9.14. The molecule has 1 fully saturated rings. The fourth-order valence-electron chi connectivity index (χ4n) is 3.44. The van der Waals surface area contributed by atoms with Gasteiger partial charge in [0.05, 0.1) is 24.1 Å². The molecule has 2 atom stereocenters. The number of nitriles is 1. The van der Waals surface area contributed by atoms with Gasteiger partial charge in [-0.05, 0) is 36.8 Å². The van der Waals surface area contributed by atoms with E-state index >= 15 is 0 Å². The smallest absolute Gasteiger partial charge is 0.248 e. The topological polar surface area (TPSA) is 92.1 Å². The molecule has 1 N–H and O–H groups in total. The number of nitrogens with zero attached hydrogens (tertiary/aromatic N) is 2. The number of benzene rings is 1. The Balaban J connectivity index is 1.72. The average Bonchev–Trinajstić information content (AvgIpc) is 2.68. The molecule has 30 heavy (non-hydrogen) atoms. The third kappa shape index (κ3) is 5.70. The van der Waals surface area contributed by atoms with Crippen LogP contribution in [0.15, 0.2) is 36.5 Å². The van der Waals surface area contributed by atoms with Gasteiger partial charge in [0, 0.05) is 36.6 Å². The fourth-order valence-corrected chi connectivity index (χ4v) is 4.30. The van der Waals surface area contributed by atoms with E-state index in [-0.39, 0.29) is 18.8 Å². The van der Waals surface area contributed by atoms with Crippen molar-refractivity contribution >= 4 is 10.0 Å². The second-order valence-electron chi connectivity index (χ2n) is 7.36. The maximum Gasteiger partial charge on any atom is 0.248 e. The van der Waals surface area contributed by atoms with Gasteiger partial charge in [0.15, 0.2) is 11.6 Å². The Bertz CT molecular complexity index is 1050. The zero-order valence-corrected chi connectivity index (χ0v) is 16.9. The molecule has 3 rings (SSSR count). The molecule has 10 heteroatoms. The summed E-state index contributed by atoms with van der Waals surface area (Å²) in [6.07, 6.45) is 1.34. The molecule has 160 valence electrons. The number of hydrogen-bond donors (Lipinski definition) is 1. The minimum atomic E-state index is -3.58. The van der Waals surface area contributed by atoms with Crippen molar-refractivity contribution in [3.63, 3.8) is 0 Å². The molecule has 0 amide bonds. The van der Waals surface area contributed by atoms with Crippen molar-refractivity contribution < 1.29 is 26.3 Å². The van der Waals surface area contributed by atoms with E-state index in [1.807, 2.05) is 6.07 Å². The SMILES string of the molecule is CS(=O)(=O)N[C@H]1CCC(F)(F)C[C@H]1COc1ccc(-c2ccc(C#N)cn2)cc1F. The number of aromatic nitrogens is 1. The van der Waals surface area contributed by atoms with Crippen LogP contribution in [0.25, 0.3) is 11.3 Å². The van der Waals surface area contributed by atoms with Crippen molar-refractivity contribution in [1.29, 1.82) is 5.26 Å². The summed E-state index contributed by atoms with van der Waals surface area (Å²) in [6, 6.07) is 8.51. The number of hydrogen-bond acceptors (Lipinski definition) is 5. The predicted octanol–water partition coefficient (Wildman–Crippen LogP) is 3.49. The van der Waals surface area contributed by atoms with Gasteiger partial charge in [-0.15, -0.1) is 0 Å². The molecule has 1 saturated carbocycles. The van der Waals surface area contributed by atoms with Gasteiger partial charge in [0.25, 0.3) is 0 Å². The first kappa shape index (κ1) is 22.1. The van der Waals surface area contributed by atoms with Gasteiger partial charge in [0.2, 0.25) is 15.9 Å². The molecule has 6 nitrogen and oxygen atoms in total. The first-order chi connectivity index (χ1) is 14.1. The number of sulfonamides is 1. The summed E-state index contributed by atoms with van der Waals surface area (Å²) in [5, 5.41) is 8.81. The van der Waals surface area contributed by atoms with E-state index in [2.05, 4.69) is 9.71 Å². The Hall–Kier alpha value is -2.64. The summed E-state index contributed by atoms with van der Waals surface area (Å²) in [5.74, 6) is -4.55. The summed E-state index contributed by atoms with van der Waals surface area (Å²) in [6.45, 7) is -0.256. The van der Waals surface area contributed by atoms with Crippen molar-refractivity contribution in [2.24, 2.45) is 5.92 Å². The van der Waals surface area contributed by atoms with Crippen LogP contribution in [0.4, 0.5) is 13.2 Å². The van der Waals surface area contributed by atoms with Gasteiger partial charge in [-0.1, -0.05) is 0 Å². The Kier molecular flexibility index (Phi) is 6.33. The number of halogens is 3. The number of pyridine rings is 1. The Morgan fingerprint density at radius 3 is 2.70 bits per heavy atom. The standard InChI is InChI=1S/C20H20F3N3O3S/c1-30(27,28)26-18-6-7-20(22,23)9-15(18)12-29-19-5-3-14(8-16(19)21)17-4-2-13(10-24)11-25-17/h2-5,8,11,15,18,26H,6-7,9,12H2,1H3/t15-,18-/m0/s1. The van der Waals surface area contributed by atoms with Gasteiger partial charge >= 0.3 is 0 Å². The van der Waals surface area contributed by atoms with Crippen LogP contribution < -0.4 is 9.46 Å². The van der Waals surface area contributed by atoms with Crippen LogP contribution in [0.1, 0.15) is 24.8 Å². The zero-order chi connectivity index (χ0) is 21.9. The summed E-state index contributed by atoms with van der Waals surface area (Å²) >= 11 is 0. The average molecular weight is 439 g/mol. The van der Waals surface area contributed by atoms with Crippen molar-refractivity contribution in [2.75, 3.05) is 12.9 Å². The van der Waals surface area contributed by atoms with Crippen LogP contribution in [-0.2, 0) is 10.0 Å². The zero-order valence-electron chi connectivity index (χ0n) is 16.1. The molecule has 1 aromatic heterocycles. The van der Waals surface area contributed by atoms with E-state index in [9.17, 15) is 21.6 Å². The Labute approximate surface area is 172 Å². The van der Waals surface area contributed by atoms with E-state index in [1.165, 1.54) is 18.3 Å². The molecule has 1 aliphatic rings. The highest BCUT2D eigenvalue weighted by Crippen LogP contribution is 2.37. The van der Waals surface area contributed by atoms with Crippen LogP contribution in [0.5, 0.6) is 5.75 Å². The van der Waals surface area contributed by atoms with Crippen LogP contribution in [0.3, 0.4) is 0 Å². The molecule has 1 heterocycles. The van der Waals surface area contributed by atoms with Crippen LogP contribution in [0.2, 0.25) is 0 Å². The quantitative estimate of drug-likeness (QED) is 0.744. The van der Waals surface area contributed by atoms with Crippen LogP contribution in [-0.4, -0.2) is 38.2 Å². The molecule has 0 unspecified atom stereocenters. The lowest BCUT2D eigenvalue weighted by atomic mass is 9.83. The van der Waals surface area contributed by atoms with Gasteiger partial charge in [-0.25, -0.2) is 26.3 Å². The predicted molar refractivity (Wildman–Crippen MR) is 104 cm³/mol. The lowest BCUT2D eigenvalue weighted by Crippen LogP contribution is -2.48. The maximum atomic E-state index is 14.5. The molecule has 1 aliphatic carbocycles. The summed E-state index contributed by atoms with van der Waals surface area (Å²) in [7, 11) is -3.58. The van der Waals surface area contributed by atoms with E-state index in [0.29, 0.717) is 16.8 Å². The van der Waals surface area contributed by atoms with Gasteiger partial charge in [0.1, 0.15) is 6.07 Å². The molecule has 0 spiro atoms. The van der Waals surface area contributed by atoms with Gasteiger partial charge in [-0.3, -0.25) is 4.98 Å². The minimum absolute atomic E-state index is 0.0279. The lowest BCUT2D eigenvalue weighted by Gasteiger charge is -2.35. The van der Waals surface area contributed by atoms with Crippen LogP contribution in [0, 0.1) is 23.1 Å². The highest BCUT2D eigenvalue weighted by molar-refractivity contribution is 7.88. The van der Waals surface area contributed by atoms with E-state index < -0.39 is 46.6 Å². The van der Waals surface area contributed by atoms with Gasteiger partial charge < -0.3 is 4.74 Å². The van der Waals surface area contributed by atoms with Crippen molar-refractivity contribution in [2.45, 2.75) is 31.2 Å². The highest BCUT2D eigenvalue weighted by atomic mass is 32.2. The number of ether oxygens (including phenoxy) is 1. The monoisotopic (exact) mass is 439 g/mol. The maximum absolute atomic E-state index is 14.5. The molecule has 0 bridgehead atoms. The summed E-state index contributed by atoms with van der Waals surface area (Å²) in [5.41, 5.74) is 1.30. The molecule has 2 aromatic rings. The summed E-state index contributed by atoms with van der Waals surface area (Å²) < 4.78 is 73.0. The second kappa shape index (κ2) is 8.62. The third-order valence-corrected chi connectivity index (χ3v) is 5.62. The van der Waals surface area contributed by atoms with Crippen molar-refractivity contribution in [3.8, 4) is 23.1 Å². The molecular weight excluding hydrogens is 419 g/mol. The van der Waals surface area contributed by atoms with Crippen molar-refractivity contribution in [1.82, 2.24) is 9.71 Å². The lowest BCUT2D eigenvalue weighted by molar-refractivity contribution is -0.0662. The number of nitrogens with one attached hydrogen (secondary N) is 1. The molecule has 0 saturated heterocycles. The summed E-state index contributed by atoms with van der Waals surface area (Å²) in [4.78, 5) is 4.09. The molecule has 0 radical (unpaired) electrons. The van der Waals surface area contributed by atoms with E-state index in [4.69, 9.17) is 10.00 Å². The largest absolute Gasteiger partial charge is 0.490 e. The highest BCUT2D eigenvalue weighted by Gasteiger charge is 2.42. The molecular formula is C20H20F3N3O3S. The number of rotatable bonds is 6. The number of alkyl halides is 2.